The van der Waals surface area contributed by atoms with Crippen molar-refractivity contribution in [2.75, 3.05) is 31.7 Å². The van der Waals surface area contributed by atoms with Gasteiger partial charge in [-0.05, 0) is 30.9 Å². The number of hydrogen-bond acceptors (Lipinski definition) is 3. The Labute approximate surface area is 117 Å². The van der Waals surface area contributed by atoms with Gasteiger partial charge < -0.3 is 14.7 Å². The van der Waals surface area contributed by atoms with Crippen molar-refractivity contribution in [3.8, 4) is 0 Å². The molecule has 1 aromatic carbocycles. The molecule has 0 spiro atoms. The number of piperidine rings is 1. The molecule has 0 amide bonds. The first-order valence-electron chi connectivity index (χ1n) is 6.39. The van der Waals surface area contributed by atoms with Gasteiger partial charge in [0.2, 0.25) is 0 Å². The van der Waals surface area contributed by atoms with Gasteiger partial charge in [0.05, 0.1) is 16.3 Å². The van der Waals surface area contributed by atoms with Crippen molar-refractivity contribution in [3.63, 3.8) is 0 Å². The zero-order chi connectivity index (χ0) is 13.8. The lowest BCUT2D eigenvalue weighted by atomic mass is 9.96. The summed E-state index contributed by atoms with van der Waals surface area (Å²) in [5, 5.41) is 9.76. The Bertz CT molecular complexity index is 456. The van der Waals surface area contributed by atoms with Crippen LogP contribution in [0.25, 0.3) is 0 Å². The summed E-state index contributed by atoms with van der Waals surface area (Å²) in [5.41, 5.74) is 0.922. The number of ether oxygens (including phenoxy) is 1. The number of aromatic carboxylic acids is 1. The fourth-order valence-corrected chi connectivity index (χ4v) is 2.86. The fourth-order valence-electron chi connectivity index (χ4n) is 2.57. The van der Waals surface area contributed by atoms with E-state index in [1.807, 2.05) is 0 Å². The smallest absolute Gasteiger partial charge is 0.337 e. The van der Waals surface area contributed by atoms with Crippen LogP contribution in [0.5, 0.6) is 0 Å². The zero-order valence-electron chi connectivity index (χ0n) is 10.9. The normalized spacial score (nSPS) is 16.6. The Morgan fingerprint density at radius 1 is 1.47 bits per heavy atom. The largest absolute Gasteiger partial charge is 0.478 e. The van der Waals surface area contributed by atoms with E-state index in [9.17, 15) is 9.90 Å². The van der Waals surface area contributed by atoms with E-state index in [4.69, 9.17) is 16.3 Å². The number of nitrogens with zero attached hydrogens (tertiary/aromatic N) is 1. The van der Waals surface area contributed by atoms with Gasteiger partial charge in [-0.3, -0.25) is 0 Å². The fraction of sp³-hybridized carbons (Fsp3) is 0.500. The third-order valence-electron chi connectivity index (χ3n) is 3.55. The number of methoxy groups -OCH3 is 1. The van der Waals surface area contributed by atoms with Crippen LogP contribution in [0, 0.1) is 5.92 Å². The number of halogens is 1. The van der Waals surface area contributed by atoms with Crippen LogP contribution in [0.4, 0.5) is 5.69 Å². The molecule has 104 valence electrons. The Hall–Kier alpha value is -1.26. The van der Waals surface area contributed by atoms with Crippen LogP contribution in [-0.2, 0) is 4.74 Å². The molecule has 1 aromatic rings. The maximum absolute atomic E-state index is 11.3. The Morgan fingerprint density at radius 3 is 2.74 bits per heavy atom. The van der Waals surface area contributed by atoms with Crippen LogP contribution in [0.3, 0.4) is 0 Å². The average Bonchev–Trinajstić information content (AvgIpc) is 2.40. The number of para-hydroxylation sites is 1. The SMILES string of the molecule is COCC1CCN(c2c(Cl)cccc2C(=O)O)CC1. The standard InChI is InChI=1S/C14H18ClNO3/c1-19-9-10-5-7-16(8-6-10)13-11(14(17)18)3-2-4-12(13)15/h2-4,10H,5-9H2,1H3,(H,17,18). The van der Waals surface area contributed by atoms with E-state index in [0.29, 0.717) is 16.6 Å². The van der Waals surface area contributed by atoms with Crippen molar-refractivity contribution in [1.82, 2.24) is 0 Å². The van der Waals surface area contributed by atoms with Gasteiger partial charge in [-0.1, -0.05) is 17.7 Å². The Balaban J connectivity index is 2.17. The summed E-state index contributed by atoms with van der Waals surface area (Å²) in [7, 11) is 1.71. The highest BCUT2D eigenvalue weighted by molar-refractivity contribution is 6.34. The molecule has 1 aliphatic rings. The molecule has 19 heavy (non-hydrogen) atoms. The number of rotatable bonds is 4. The molecule has 1 N–H and O–H groups in total. The summed E-state index contributed by atoms with van der Waals surface area (Å²) >= 11 is 6.17. The minimum absolute atomic E-state index is 0.276. The molecule has 4 nitrogen and oxygen atoms in total. The average molecular weight is 284 g/mol. The van der Waals surface area contributed by atoms with E-state index >= 15 is 0 Å². The molecule has 0 aromatic heterocycles. The predicted octanol–water partition coefficient (Wildman–Crippen LogP) is 2.90. The van der Waals surface area contributed by atoms with Crippen LogP contribution in [0.15, 0.2) is 18.2 Å². The number of anilines is 1. The summed E-state index contributed by atoms with van der Waals surface area (Å²) in [6, 6.07) is 5.02. The first-order valence-corrected chi connectivity index (χ1v) is 6.77. The van der Waals surface area contributed by atoms with Gasteiger partial charge in [-0.2, -0.15) is 0 Å². The first kappa shape index (κ1) is 14.2. The second-order valence-electron chi connectivity index (χ2n) is 4.83. The minimum Gasteiger partial charge on any atom is -0.478 e. The van der Waals surface area contributed by atoms with E-state index < -0.39 is 5.97 Å². The van der Waals surface area contributed by atoms with Crippen molar-refractivity contribution in [3.05, 3.63) is 28.8 Å². The topological polar surface area (TPSA) is 49.8 Å². The molecule has 5 heteroatoms. The maximum Gasteiger partial charge on any atom is 0.337 e. The highest BCUT2D eigenvalue weighted by Crippen LogP contribution is 2.33. The molecule has 0 radical (unpaired) electrons. The molecule has 1 saturated heterocycles. The van der Waals surface area contributed by atoms with Gasteiger partial charge in [0.1, 0.15) is 0 Å². The van der Waals surface area contributed by atoms with Gasteiger partial charge in [0.25, 0.3) is 0 Å². The summed E-state index contributed by atoms with van der Waals surface area (Å²) in [4.78, 5) is 13.3. The quantitative estimate of drug-likeness (QED) is 0.923. The summed E-state index contributed by atoms with van der Waals surface area (Å²) in [6.07, 6.45) is 2.00. The number of carbonyl (C=O) groups is 1. The lowest BCUT2D eigenvalue weighted by Gasteiger charge is -2.34. The number of carboxylic acids is 1. The van der Waals surface area contributed by atoms with E-state index in [2.05, 4.69) is 4.90 Å². The molecule has 0 bridgehead atoms. The lowest BCUT2D eigenvalue weighted by Crippen LogP contribution is -2.36. The molecule has 1 aliphatic heterocycles. The summed E-state index contributed by atoms with van der Waals surface area (Å²) in [6.45, 7) is 2.40. The Kier molecular flexibility index (Phi) is 4.66. The number of carboxylic acid groups (broad SMARTS) is 1. The van der Waals surface area contributed by atoms with Crippen LogP contribution in [0.1, 0.15) is 23.2 Å². The van der Waals surface area contributed by atoms with Crippen molar-refractivity contribution in [1.29, 1.82) is 0 Å². The molecular weight excluding hydrogens is 266 g/mol. The van der Waals surface area contributed by atoms with Gasteiger partial charge in [-0.15, -0.1) is 0 Å². The van der Waals surface area contributed by atoms with E-state index in [-0.39, 0.29) is 5.56 Å². The van der Waals surface area contributed by atoms with Gasteiger partial charge in [0.15, 0.2) is 0 Å². The molecule has 1 fully saturated rings. The second-order valence-corrected chi connectivity index (χ2v) is 5.23. The summed E-state index contributed by atoms with van der Waals surface area (Å²) in [5.74, 6) is -0.381. The van der Waals surface area contributed by atoms with Crippen molar-refractivity contribution in [2.24, 2.45) is 5.92 Å². The van der Waals surface area contributed by atoms with Crippen LogP contribution < -0.4 is 4.90 Å². The highest BCUT2D eigenvalue weighted by atomic mass is 35.5. The number of benzene rings is 1. The summed E-state index contributed by atoms with van der Waals surface area (Å²) < 4.78 is 5.17. The van der Waals surface area contributed by atoms with Crippen molar-refractivity contribution in [2.45, 2.75) is 12.8 Å². The third kappa shape index (κ3) is 3.19. The molecular formula is C14H18ClNO3. The van der Waals surface area contributed by atoms with Gasteiger partial charge in [0, 0.05) is 26.8 Å². The molecule has 0 atom stereocenters. The molecule has 0 saturated carbocycles. The molecule has 0 aliphatic carbocycles. The van der Waals surface area contributed by atoms with E-state index in [1.165, 1.54) is 0 Å². The predicted molar refractivity (Wildman–Crippen MR) is 75.2 cm³/mol. The highest BCUT2D eigenvalue weighted by Gasteiger charge is 2.24. The monoisotopic (exact) mass is 283 g/mol. The molecule has 0 unspecified atom stereocenters. The third-order valence-corrected chi connectivity index (χ3v) is 3.86. The van der Waals surface area contributed by atoms with Crippen LogP contribution >= 0.6 is 11.6 Å². The number of hydrogen-bond donors (Lipinski definition) is 1. The van der Waals surface area contributed by atoms with Crippen molar-refractivity contribution >= 4 is 23.3 Å². The zero-order valence-corrected chi connectivity index (χ0v) is 11.7. The van der Waals surface area contributed by atoms with E-state index in [1.54, 1.807) is 25.3 Å². The lowest BCUT2D eigenvalue weighted by molar-refractivity contribution is 0.0697. The van der Waals surface area contributed by atoms with Crippen LogP contribution in [0.2, 0.25) is 5.02 Å². The van der Waals surface area contributed by atoms with Gasteiger partial charge in [-0.25, -0.2) is 4.79 Å². The second kappa shape index (κ2) is 6.26. The van der Waals surface area contributed by atoms with Crippen molar-refractivity contribution < 1.29 is 14.6 Å². The van der Waals surface area contributed by atoms with E-state index in [0.717, 1.165) is 32.5 Å². The molecule has 2 rings (SSSR count). The maximum atomic E-state index is 11.3. The van der Waals surface area contributed by atoms with Crippen LogP contribution in [-0.4, -0.2) is 37.9 Å². The Morgan fingerprint density at radius 2 is 2.16 bits per heavy atom. The molecule has 1 heterocycles. The first-order chi connectivity index (χ1) is 9.13. The van der Waals surface area contributed by atoms with Gasteiger partial charge >= 0.3 is 5.97 Å². The minimum atomic E-state index is -0.934.